The van der Waals surface area contributed by atoms with Gasteiger partial charge in [-0.05, 0) is 249 Å². The van der Waals surface area contributed by atoms with Crippen LogP contribution in [0.15, 0.2) is 103 Å². The lowest BCUT2D eigenvalue weighted by atomic mass is 9.88. The topological polar surface area (TPSA) is 118 Å². The summed E-state index contributed by atoms with van der Waals surface area (Å²) in [7, 11) is -0.602. The van der Waals surface area contributed by atoms with Gasteiger partial charge in [0.15, 0.2) is 0 Å². The minimum atomic E-state index is -0.317. The molecule has 0 aliphatic carbocycles. The monoisotopic (exact) mass is 2240 g/mol. The maximum absolute atomic E-state index is 15.5. The molecular weight excluding hydrogens is 2060 g/mol. The number of halogens is 2. The molecular formula is C120H182B2Br2N4O8S8. The van der Waals surface area contributed by atoms with Crippen LogP contribution in [-0.4, -0.2) is 106 Å². The van der Waals surface area contributed by atoms with E-state index in [-0.39, 0.29) is 75.1 Å². The van der Waals surface area contributed by atoms with Gasteiger partial charge in [0.25, 0.3) is 23.6 Å². The number of nitrogens with zero attached hydrogens (tertiary/aromatic N) is 4. The van der Waals surface area contributed by atoms with Crippen molar-refractivity contribution >= 4 is 212 Å². The Morgan fingerprint density at radius 2 is 0.500 bits per heavy atom. The molecule has 4 unspecified atom stereocenters. The number of carbonyl (C=O) groups is 4. The van der Waals surface area contributed by atoms with Crippen molar-refractivity contribution in [2.75, 3.05) is 26.2 Å². The van der Waals surface area contributed by atoms with E-state index in [1.165, 1.54) is 295 Å². The highest BCUT2D eigenvalue weighted by Crippen LogP contribution is 2.55. The van der Waals surface area contributed by atoms with E-state index in [1.54, 1.807) is 68.0 Å². The number of aryl methyl sites for hydroxylation is 2. The molecule has 0 bridgehead atoms. The molecule has 0 N–H and O–H groups in total. The van der Waals surface area contributed by atoms with Gasteiger partial charge in [0.05, 0.1) is 94.6 Å². The molecule has 4 atom stereocenters. The van der Waals surface area contributed by atoms with Crippen molar-refractivity contribution in [3.05, 3.63) is 132 Å². The molecule has 24 heteroatoms. The van der Waals surface area contributed by atoms with Crippen molar-refractivity contribution in [3.8, 4) is 9.75 Å². The molecule has 0 radical (unpaired) electrons. The summed E-state index contributed by atoms with van der Waals surface area (Å²) < 4.78 is 34.1. The molecule has 798 valence electrons. The number of amides is 4. The van der Waals surface area contributed by atoms with Gasteiger partial charge in [0.1, 0.15) is 0 Å². The van der Waals surface area contributed by atoms with E-state index < -0.39 is 0 Å². The lowest BCUT2D eigenvalue weighted by Crippen LogP contribution is -2.41. The maximum Gasteiger partial charge on any atom is 0.505 e. The Kier molecular flexibility index (Phi) is 50.7. The third kappa shape index (κ3) is 32.5. The minimum Gasteiger partial charge on any atom is -0.399 e. The number of thiophene rings is 8. The fourth-order valence-electron chi connectivity index (χ4n) is 21.3. The summed E-state index contributed by atoms with van der Waals surface area (Å²) in [6.45, 7) is 42.0. The van der Waals surface area contributed by atoms with E-state index in [4.69, 9.17) is 18.6 Å². The molecule has 6 aliphatic rings. The molecule has 6 aliphatic heterocycles. The van der Waals surface area contributed by atoms with Crippen LogP contribution in [-0.2, 0) is 37.8 Å². The van der Waals surface area contributed by atoms with Crippen LogP contribution in [0.1, 0.15) is 463 Å². The standard InChI is InChI=1S/C54H78N2O2S4.C46H70Br2N2O2S2.C18H26B2O4S2.2CH4/c1-7-11-15-19-21-25-29-41(27-23-17-13-9-3)37-55-51(44-32-31-39(5)59-44)49-50(54(55)58)52(45-34-33-43(61-45)47-36-48-46(62-47)35-40(6)60-48)56(53(49)57)38-42(28-24-18-14-10-4)30-26-22-20-16-12-8-2;1-5-9-13-17-19-23-27-35(25-21-15-11-7-3)33-49-43(37-29-31-39(47)53-37)41-42(45(49)51)44(38-30-32-40(48)54-38)50(46(41)52)34-36(26-22-16-12-8-4)28-24-20-18-14-10-6-2;1-15(2)16(3,4)22-19(21-15)13-9-11-12(25-13)10-14(26-11)20-23-17(5,6)18(7,8)24-20;;/h31-36,41-42H,7-30,37-38H2,1-6H3;29-32,35-36H,5-28,33-34H2,1-4H3;9-10H,1-8H3;2*1H4. The second kappa shape index (κ2) is 59.9. The summed E-state index contributed by atoms with van der Waals surface area (Å²) >= 11 is 21.4. The molecule has 4 amide bonds. The molecule has 14 rings (SSSR count). The van der Waals surface area contributed by atoms with Crippen molar-refractivity contribution in [2.45, 2.75) is 470 Å². The van der Waals surface area contributed by atoms with Crippen molar-refractivity contribution < 1.29 is 37.8 Å². The van der Waals surface area contributed by atoms with Crippen LogP contribution in [0.2, 0.25) is 0 Å². The average Bonchev–Trinajstić information content (AvgIpc) is 1.55. The maximum atomic E-state index is 15.5. The Balaban J connectivity index is 0.000000236. The van der Waals surface area contributed by atoms with Gasteiger partial charge in [-0.15, -0.1) is 90.7 Å². The van der Waals surface area contributed by atoms with E-state index in [0.717, 1.165) is 111 Å². The van der Waals surface area contributed by atoms with Crippen LogP contribution in [0.4, 0.5) is 0 Å². The van der Waals surface area contributed by atoms with E-state index in [0.29, 0.717) is 72.1 Å². The number of rotatable bonds is 63. The minimum absolute atomic E-state index is 0. The van der Waals surface area contributed by atoms with Gasteiger partial charge in [-0.25, -0.2) is 0 Å². The zero-order valence-corrected chi connectivity index (χ0v) is 99.9. The van der Waals surface area contributed by atoms with E-state index in [1.807, 2.05) is 32.5 Å². The van der Waals surface area contributed by atoms with Crippen LogP contribution in [0.25, 0.3) is 51.3 Å². The summed E-state index contributed by atoms with van der Waals surface area (Å²) in [5.41, 5.74) is 4.82. The molecule has 0 spiro atoms. The van der Waals surface area contributed by atoms with Crippen molar-refractivity contribution in [1.29, 1.82) is 0 Å². The van der Waals surface area contributed by atoms with E-state index in [9.17, 15) is 0 Å². The molecule has 2 saturated heterocycles. The highest BCUT2D eigenvalue weighted by atomic mass is 79.9. The average molecular weight is 2250 g/mol. The summed E-state index contributed by atoms with van der Waals surface area (Å²) in [6, 6.07) is 26.2. The molecule has 12 nitrogen and oxygen atoms in total. The summed E-state index contributed by atoms with van der Waals surface area (Å²) in [6.07, 6.45) is 59.6. The van der Waals surface area contributed by atoms with Crippen molar-refractivity contribution in [1.82, 2.24) is 19.6 Å². The predicted molar refractivity (Wildman–Crippen MR) is 641 cm³/mol. The molecule has 144 heavy (non-hydrogen) atoms. The highest BCUT2D eigenvalue weighted by molar-refractivity contribution is 9.11. The Labute approximate surface area is 922 Å². The molecule has 8 aromatic rings. The summed E-state index contributed by atoms with van der Waals surface area (Å²) in [5, 5.41) is 0. The zero-order chi connectivity index (χ0) is 102. The molecule has 2 fully saturated rings. The van der Waals surface area contributed by atoms with Gasteiger partial charge in [-0.3, -0.25) is 19.2 Å². The first-order valence-electron chi connectivity index (χ1n) is 56.1. The third-order valence-corrected chi connectivity index (χ3v) is 41.2. The quantitative estimate of drug-likeness (QED) is 0.0273. The molecule has 0 aromatic carbocycles. The fraction of sp³-hybridized carbons (Fsp3) is 0.667. The normalized spacial score (nSPS) is 17.2. The molecule has 14 heterocycles. The first kappa shape index (κ1) is 122. The number of carbonyl (C=O) groups excluding carboxylic acids is 4. The third-order valence-electron chi connectivity index (χ3n) is 31.1. The summed E-state index contributed by atoms with van der Waals surface area (Å²) in [4.78, 5) is 78.6. The second-order valence-electron chi connectivity index (χ2n) is 43.8. The van der Waals surface area contributed by atoms with Gasteiger partial charge < -0.3 is 38.2 Å². The Bertz CT molecular complexity index is 5160. The van der Waals surface area contributed by atoms with Crippen LogP contribution in [0.5, 0.6) is 0 Å². The molecule has 0 saturated carbocycles. The van der Waals surface area contributed by atoms with Crippen LogP contribution in [0.3, 0.4) is 0 Å². The second-order valence-corrected chi connectivity index (χ2v) is 55.7. The number of hydrogen-bond donors (Lipinski definition) is 0. The first-order valence-corrected chi connectivity index (χ1v) is 64.2. The largest absolute Gasteiger partial charge is 0.505 e. The van der Waals surface area contributed by atoms with E-state index >= 15 is 19.2 Å². The van der Waals surface area contributed by atoms with Crippen LogP contribution < -0.4 is 9.55 Å². The predicted octanol–water partition coefficient (Wildman–Crippen LogP) is 38.5. The van der Waals surface area contributed by atoms with Gasteiger partial charge in [0.2, 0.25) is 0 Å². The van der Waals surface area contributed by atoms with Gasteiger partial charge >= 0.3 is 14.2 Å². The van der Waals surface area contributed by atoms with Crippen molar-refractivity contribution in [2.24, 2.45) is 23.7 Å². The van der Waals surface area contributed by atoms with Gasteiger partial charge in [0, 0.05) is 74.0 Å². The zero-order valence-electron chi connectivity index (χ0n) is 90.2. The highest BCUT2D eigenvalue weighted by Gasteiger charge is 2.56. The van der Waals surface area contributed by atoms with Gasteiger partial charge in [-0.2, -0.15) is 0 Å². The van der Waals surface area contributed by atoms with Crippen LogP contribution >= 0.6 is 123 Å². The number of hydrogen-bond acceptors (Lipinski definition) is 16. The van der Waals surface area contributed by atoms with Crippen molar-refractivity contribution in [3.63, 3.8) is 0 Å². The fourth-order valence-corrected chi connectivity index (χ4v) is 30.9. The Morgan fingerprint density at radius 1 is 0.264 bits per heavy atom. The number of unbranched alkanes of at least 4 members (excludes halogenated alkanes) is 32. The van der Waals surface area contributed by atoms with E-state index in [2.05, 4.69) is 239 Å². The SMILES string of the molecule is C.C.CC1(C)OB(c2cc3sc(B4OC(C)(C)C(C)(C)O4)cc3s2)OC1(C)C.CCCCCCCCC(CCCCCC)CN1C(=O)C2=C(c3ccc(-c4cc5sc(C)cc5s4)s3)N(CC(CCCCCC)CCCCCCCC)C(=O)C2=C1c1ccc(C)s1.CCCCCCCCC(CCCCCC)CN1C(=O)C2=C(c3ccc(Br)s3)N(CC(CCCCCC)CCCCCCCC)C(=O)C2=C1c1ccc(Br)s1. The van der Waals surface area contributed by atoms with Gasteiger partial charge in [-0.1, -0.05) is 327 Å². The summed E-state index contributed by atoms with van der Waals surface area (Å²) in [5.74, 6) is 1.82. The number of fused-ring (bicyclic) bond motifs is 4. The smallest absolute Gasteiger partial charge is 0.399 e. The Morgan fingerprint density at radius 3 is 0.764 bits per heavy atom. The molecule has 8 aromatic heterocycles. The Hall–Kier alpha value is -4.11. The lowest BCUT2D eigenvalue weighted by Gasteiger charge is -2.32. The first-order chi connectivity index (χ1) is 68.4. The lowest BCUT2D eigenvalue weighted by molar-refractivity contribution is -0.124. The van der Waals surface area contributed by atoms with Crippen LogP contribution in [0, 0.1) is 37.5 Å².